The summed E-state index contributed by atoms with van der Waals surface area (Å²) >= 11 is 3.57. The standard InChI is InChI=1S/C13H20BrNO/c1-5-15(9(2)3)13-7-6-11(10(4)16)8-12(13)14/h6-10,16H,5H2,1-4H3. The van der Waals surface area contributed by atoms with Crippen molar-refractivity contribution in [2.45, 2.75) is 39.8 Å². The highest BCUT2D eigenvalue weighted by molar-refractivity contribution is 9.10. The largest absolute Gasteiger partial charge is 0.389 e. The van der Waals surface area contributed by atoms with Gasteiger partial charge in [0.1, 0.15) is 0 Å². The van der Waals surface area contributed by atoms with Crippen molar-refractivity contribution < 1.29 is 5.11 Å². The fraction of sp³-hybridized carbons (Fsp3) is 0.538. The van der Waals surface area contributed by atoms with Crippen LogP contribution in [0.5, 0.6) is 0 Å². The lowest BCUT2D eigenvalue weighted by atomic mass is 10.1. The minimum Gasteiger partial charge on any atom is -0.389 e. The van der Waals surface area contributed by atoms with Crippen LogP contribution >= 0.6 is 15.9 Å². The van der Waals surface area contributed by atoms with Gasteiger partial charge in [0.25, 0.3) is 0 Å². The van der Waals surface area contributed by atoms with E-state index in [0.717, 1.165) is 16.6 Å². The number of rotatable bonds is 4. The SMILES string of the molecule is CCN(c1ccc(C(C)O)cc1Br)C(C)C. The van der Waals surface area contributed by atoms with Crippen molar-refractivity contribution in [1.82, 2.24) is 0 Å². The Morgan fingerprint density at radius 3 is 2.31 bits per heavy atom. The molecule has 0 heterocycles. The Hall–Kier alpha value is -0.540. The van der Waals surface area contributed by atoms with E-state index in [1.807, 2.05) is 12.1 Å². The first-order valence-electron chi connectivity index (χ1n) is 5.71. The number of hydrogen-bond donors (Lipinski definition) is 1. The number of nitrogens with zero attached hydrogens (tertiary/aromatic N) is 1. The van der Waals surface area contributed by atoms with Gasteiger partial charge in [-0.25, -0.2) is 0 Å². The summed E-state index contributed by atoms with van der Waals surface area (Å²) in [6.07, 6.45) is -0.417. The molecule has 3 heteroatoms. The molecule has 16 heavy (non-hydrogen) atoms. The number of anilines is 1. The third-order valence-corrected chi connectivity index (χ3v) is 3.36. The van der Waals surface area contributed by atoms with Crippen LogP contribution in [0.3, 0.4) is 0 Å². The number of aliphatic hydroxyl groups is 1. The number of halogens is 1. The molecule has 0 aliphatic heterocycles. The van der Waals surface area contributed by atoms with Gasteiger partial charge in [-0.1, -0.05) is 6.07 Å². The van der Waals surface area contributed by atoms with E-state index in [-0.39, 0.29) is 0 Å². The molecule has 0 saturated carbocycles. The smallest absolute Gasteiger partial charge is 0.0762 e. The maximum atomic E-state index is 9.51. The average molecular weight is 286 g/mol. The molecule has 1 rings (SSSR count). The summed E-state index contributed by atoms with van der Waals surface area (Å²) in [4.78, 5) is 2.32. The van der Waals surface area contributed by atoms with E-state index in [9.17, 15) is 5.11 Å². The Bertz CT molecular complexity index is 350. The van der Waals surface area contributed by atoms with Crippen molar-refractivity contribution in [3.8, 4) is 0 Å². The van der Waals surface area contributed by atoms with Gasteiger partial charge in [0.15, 0.2) is 0 Å². The first-order valence-corrected chi connectivity index (χ1v) is 6.50. The molecular weight excluding hydrogens is 266 g/mol. The predicted molar refractivity (Wildman–Crippen MR) is 72.9 cm³/mol. The van der Waals surface area contributed by atoms with Gasteiger partial charge in [0.05, 0.1) is 11.8 Å². The zero-order chi connectivity index (χ0) is 12.3. The van der Waals surface area contributed by atoms with Crippen LogP contribution < -0.4 is 4.90 Å². The Morgan fingerprint density at radius 1 is 1.31 bits per heavy atom. The summed E-state index contributed by atoms with van der Waals surface area (Å²) in [5, 5.41) is 9.51. The Balaban J connectivity index is 3.06. The van der Waals surface area contributed by atoms with Crippen LogP contribution in [0.2, 0.25) is 0 Å². The van der Waals surface area contributed by atoms with Crippen molar-refractivity contribution >= 4 is 21.6 Å². The molecule has 1 aromatic carbocycles. The Morgan fingerprint density at radius 2 is 1.94 bits per heavy atom. The van der Waals surface area contributed by atoms with E-state index in [2.05, 4.69) is 47.7 Å². The first kappa shape index (κ1) is 13.5. The lowest BCUT2D eigenvalue weighted by molar-refractivity contribution is 0.199. The van der Waals surface area contributed by atoms with Crippen LogP contribution in [-0.4, -0.2) is 17.7 Å². The highest BCUT2D eigenvalue weighted by Crippen LogP contribution is 2.30. The summed E-state index contributed by atoms with van der Waals surface area (Å²) in [7, 11) is 0. The monoisotopic (exact) mass is 285 g/mol. The molecule has 0 aromatic heterocycles. The molecular formula is C13H20BrNO. The van der Waals surface area contributed by atoms with Crippen LogP contribution in [0.4, 0.5) is 5.69 Å². The molecule has 2 nitrogen and oxygen atoms in total. The second kappa shape index (κ2) is 5.69. The maximum Gasteiger partial charge on any atom is 0.0762 e. The van der Waals surface area contributed by atoms with Gasteiger partial charge in [-0.3, -0.25) is 0 Å². The molecule has 1 atom stereocenters. The molecule has 1 aromatic rings. The predicted octanol–water partition coefficient (Wildman–Crippen LogP) is 3.74. The maximum absolute atomic E-state index is 9.51. The van der Waals surface area contributed by atoms with Crippen LogP contribution in [0.1, 0.15) is 39.4 Å². The van der Waals surface area contributed by atoms with Crippen molar-refractivity contribution in [3.63, 3.8) is 0 Å². The third-order valence-electron chi connectivity index (χ3n) is 2.73. The van der Waals surface area contributed by atoms with Crippen LogP contribution in [0.25, 0.3) is 0 Å². The fourth-order valence-electron chi connectivity index (χ4n) is 1.83. The van der Waals surface area contributed by atoms with Gasteiger partial charge in [-0.2, -0.15) is 0 Å². The average Bonchev–Trinajstić information content (AvgIpc) is 2.20. The third kappa shape index (κ3) is 2.98. The van der Waals surface area contributed by atoms with Crippen LogP contribution in [-0.2, 0) is 0 Å². The minimum absolute atomic E-state index is 0.417. The molecule has 0 radical (unpaired) electrons. The quantitative estimate of drug-likeness (QED) is 0.911. The highest BCUT2D eigenvalue weighted by Gasteiger charge is 2.12. The molecule has 0 amide bonds. The molecule has 0 aliphatic carbocycles. The van der Waals surface area contributed by atoms with Crippen molar-refractivity contribution in [3.05, 3.63) is 28.2 Å². The Labute approximate surface area is 106 Å². The minimum atomic E-state index is -0.417. The lowest BCUT2D eigenvalue weighted by Crippen LogP contribution is -2.30. The zero-order valence-corrected chi connectivity index (χ0v) is 12.0. The van der Waals surface area contributed by atoms with Crippen molar-refractivity contribution in [2.75, 3.05) is 11.4 Å². The second-order valence-electron chi connectivity index (χ2n) is 4.27. The normalized spacial score (nSPS) is 12.9. The summed E-state index contributed by atoms with van der Waals surface area (Å²) in [6.45, 7) is 9.26. The summed E-state index contributed by atoms with van der Waals surface area (Å²) in [5.74, 6) is 0. The molecule has 0 aliphatic rings. The first-order chi connectivity index (χ1) is 7.47. The van der Waals surface area contributed by atoms with Crippen molar-refractivity contribution in [2.24, 2.45) is 0 Å². The van der Waals surface area contributed by atoms with Crippen LogP contribution in [0, 0.1) is 0 Å². The van der Waals surface area contributed by atoms with Gasteiger partial charge in [0.2, 0.25) is 0 Å². The molecule has 1 unspecified atom stereocenters. The van der Waals surface area contributed by atoms with Gasteiger partial charge in [0, 0.05) is 17.1 Å². The van der Waals surface area contributed by atoms with Gasteiger partial charge in [-0.15, -0.1) is 0 Å². The zero-order valence-electron chi connectivity index (χ0n) is 10.4. The van der Waals surface area contributed by atoms with Gasteiger partial charge < -0.3 is 10.0 Å². The summed E-state index contributed by atoms with van der Waals surface area (Å²) < 4.78 is 1.04. The molecule has 0 bridgehead atoms. The lowest BCUT2D eigenvalue weighted by Gasteiger charge is -2.29. The molecule has 0 fully saturated rings. The van der Waals surface area contributed by atoms with Crippen LogP contribution in [0.15, 0.2) is 22.7 Å². The molecule has 90 valence electrons. The second-order valence-corrected chi connectivity index (χ2v) is 5.12. The van der Waals surface area contributed by atoms with E-state index in [1.54, 1.807) is 6.92 Å². The number of hydrogen-bond acceptors (Lipinski definition) is 2. The summed E-state index contributed by atoms with van der Waals surface area (Å²) in [5.41, 5.74) is 2.12. The molecule has 1 N–H and O–H groups in total. The fourth-order valence-corrected chi connectivity index (χ4v) is 2.45. The number of aliphatic hydroxyl groups excluding tert-OH is 1. The molecule has 0 spiro atoms. The highest BCUT2D eigenvalue weighted by atomic mass is 79.9. The Kier molecular flexibility index (Phi) is 4.81. The van der Waals surface area contributed by atoms with Gasteiger partial charge >= 0.3 is 0 Å². The molecule has 0 saturated heterocycles. The van der Waals surface area contributed by atoms with Gasteiger partial charge in [-0.05, 0) is 61.3 Å². The number of benzene rings is 1. The van der Waals surface area contributed by atoms with Crippen molar-refractivity contribution in [1.29, 1.82) is 0 Å². The van der Waals surface area contributed by atoms with E-state index in [1.165, 1.54) is 5.69 Å². The van der Waals surface area contributed by atoms with E-state index in [0.29, 0.717) is 6.04 Å². The van der Waals surface area contributed by atoms with E-state index < -0.39 is 6.10 Å². The summed E-state index contributed by atoms with van der Waals surface area (Å²) in [6, 6.07) is 6.51. The van der Waals surface area contributed by atoms with E-state index in [4.69, 9.17) is 0 Å². The topological polar surface area (TPSA) is 23.5 Å². The van der Waals surface area contributed by atoms with E-state index >= 15 is 0 Å².